The number of benzene rings is 2. The molecule has 0 spiro atoms. The number of hydrogen-bond acceptors (Lipinski definition) is 6. The molecule has 2 aromatic carbocycles. The van der Waals surface area contributed by atoms with Gasteiger partial charge in [-0.05, 0) is 37.1 Å². The number of aromatic nitrogens is 3. The predicted octanol–water partition coefficient (Wildman–Crippen LogP) is 2.93. The molecule has 1 heterocycles. The highest BCUT2D eigenvalue weighted by atomic mass is 32.2. The number of rotatable bonds is 9. The fraction of sp³-hybridized carbons (Fsp3) is 0.263. The Morgan fingerprint density at radius 2 is 1.79 bits per heavy atom. The number of hydrogen-bond donors (Lipinski definition) is 1. The molecule has 0 atom stereocenters. The molecule has 3 aromatic rings. The third-order valence-electron chi connectivity index (χ3n) is 3.97. The van der Waals surface area contributed by atoms with Crippen molar-refractivity contribution in [2.75, 3.05) is 11.5 Å². The van der Waals surface area contributed by atoms with Crippen molar-refractivity contribution in [2.45, 2.75) is 25.1 Å². The van der Waals surface area contributed by atoms with Crippen molar-refractivity contribution in [2.24, 2.45) is 5.14 Å². The van der Waals surface area contributed by atoms with Gasteiger partial charge in [0.2, 0.25) is 10.0 Å². The first-order chi connectivity index (χ1) is 13.4. The number of primary sulfonamides is 1. The fourth-order valence-corrected chi connectivity index (χ4v) is 4.25. The van der Waals surface area contributed by atoms with E-state index in [1.165, 1.54) is 11.8 Å². The van der Waals surface area contributed by atoms with Crippen molar-refractivity contribution in [3.05, 3.63) is 66.0 Å². The van der Waals surface area contributed by atoms with Gasteiger partial charge in [0.15, 0.2) is 11.0 Å². The van der Waals surface area contributed by atoms with Gasteiger partial charge >= 0.3 is 0 Å². The topological polar surface area (TPSA) is 100 Å². The van der Waals surface area contributed by atoms with Crippen molar-refractivity contribution in [3.8, 4) is 11.4 Å². The molecular weight excluding hydrogens is 396 g/mol. The third kappa shape index (κ3) is 5.57. The minimum absolute atomic E-state index is 0.0529. The Kier molecular flexibility index (Phi) is 6.71. The van der Waals surface area contributed by atoms with Gasteiger partial charge in [-0.15, -0.1) is 10.2 Å². The summed E-state index contributed by atoms with van der Waals surface area (Å²) in [5.41, 5.74) is 1.97. The Morgan fingerprint density at radius 3 is 2.50 bits per heavy atom. The van der Waals surface area contributed by atoms with Crippen molar-refractivity contribution in [1.29, 1.82) is 0 Å². The van der Waals surface area contributed by atoms with E-state index in [-0.39, 0.29) is 12.4 Å². The van der Waals surface area contributed by atoms with Crippen LogP contribution in [0.1, 0.15) is 17.8 Å². The molecule has 28 heavy (non-hydrogen) atoms. The second-order valence-corrected chi connectivity index (χ2v) is 8.99. The minimum Gasteiger partial charge on any atom is -0.485 e. The lowest BCUT2D eigenvalue weighted by atomic mass is 10.2. The number of nitrogens with two attached hydrogens (primary N) is 1. The normalized spacial score (nSPS) is 11.5. The lowest BCUT2D eigenvalue weighted by Gasteiger charge is -2.12. The van der Waals surface area contributed by atoms with Gasteiger partial charge in [0.1, 0.15) is 12.4 Å². The Balaban J connectivity index is 1.78. The van der Waals surface area contributed by atoms with E-state index in [9.17, 15) is 8.42 Å². The Morgan fingerprint density at radius 1 is 1.07 bits per heavy atom. The highest BCUT2D eigenvalue weighted by Gasteiger charge is 2.15. The second kappa shape index (κ2) is 9.22. The van der Waals surface area contributed by atoms with Crippen LogP contribution in [0.15, 0.2) is 59.8 Å². The smallest absolute Gasteiger partial charge is 0.209 e. The molecule has 0 saturated carbocycles. The van der Waals surface area contributed by atoms with Crippen LogP contribution in [-0.2, 0) is 16.6 Å². The largest absolute Gasteiger partial charge is 0.485 e. The van der Waals surface area contributed by atoms with Gasteiger partial charge in [-0.3, -0.25) is 4.57 Å². The van der Waals surface area contributed by atoms with Crippen LogP contribution >= 0.6 is 11.8 Å². The molecule has 1 aromatic heterocycles. The summed E-state index contributed by atoms with van der Waals surface area (Å²) in [6.45, 7) is 2.26. The summed E-state index contributed by atoms with van der Waals surface area (Å²) in [5, 5.41) is 14.3. The van der Waals surface area contributed by atoms with Gasteiger partial charge in [-0.25, -0.2) is 13.6 Å². The van der Waals surface area contributed by atoms with Crippen molar-refractivity contribution in [3.63, 3.8) is 0 Å². The average molecular weight is 419 g/mol. The molecule has 3 rings (SSSR count). The van der Waals surface area contributed by atoms with Gasteiger partial charge in [0.05, 0.1) is 5.75 Å². The quantitative estimate of drug-likeness (QED) is 0.424. The molecular formula is C19H22N4O3S2. The van der Waals surface area contributed by atoms with Crippen molar-refractivity contribution < 1.29 is 13.2 Å². The highest BCUT2D eigenvalue weighted by Crippen LogP contribution is 2.24. The van der Waals surface area contributed by atoms with E-state index in [2.05, 4.69) is 10.2 Å². The predicted molar refractivity (Wildman–Crippen MR) is 110 cm³/mol. The van der Waals surface area contributed by atoms with Gasteiger partial charge < -0.3 is 4.74 Å². The molecule has 148 valence electrons. The van der Waals surface area contributed by atoms with Crippen LogP contribution in [0.4, 0.5) is 0 Å². The summed E-state index contributed by atoms with van der Waals surface area (Å²) in [4.78, 5) is 0. The zero-order chi connectivity index (χ0) is 20.0. The van der Waals surface area contributed by atoms with E-state index >= 15 is 0 Å². The first kappa shape index (κ1) is 20.4. The SMILES string of the molecule is Cc1ccccc1OCc1nnc(SCCCS(N)(=O)=O)n1-c1ccccc1. The summed E-state index contributed by atoms with van der Waals surface area (Å²) in [6, 6.07) is 17.6. The molecule has 0 fully saturated rings. The number of nitrogens with zero attached hydrogens (tertiary/aromatic N) is 3. The van der Waals surface area contributed by atoms with Crippen LogP contribution in [0.5, 0.6) is 5.75 Å². The van der Waals surface area contributed by atoms with Gasteiger partial charge in [-0.2, -0.15) is 0 Å². The first-order valence-electron chi connectivity index (χ1n) is 8.75. The van der Waals surface area contributed by atoms with Crippen LogP contribution in [0.3, 0.4) is 0 Å². The van der Waals surface area contributed by atoms with E-state index in [0.29, 0.717) is 23.2 Å². The number of para-hydroxylation sites is 2. The highest BCUT2D eigenvalue weighted by molar-refractivity contribution is 7.99. The molecule has 0 aliphatic heterocycles. The summed E-state index contributed by atoms with van der Waals surface area (Å²) in [7, 11) is -3.46. The van der Waals surface area contributed by atoms with E-state index in [4.69, 9.17) is 9.88 Å². The molecule has 9 heteroatoms. The average Bonchev–Trinajstić information content (AvgIpc) is 3.07. The molecule has 0 aliphatic rings. The van der Waals surface area contributed by atoms with Gasteiger partial charge in [0.25, 0.3) is 0 Å². The number of sulfonamides is 1. The number of ether oxygens (including phenoxy) is 1. The standard InChI is InChI=1S/C19H22N4O3S2/c1-15-8-5-6-11-17(15)26-14-18-21-22-19(27-12-7-13-28(20,24)25)23(18)16-9-3-2-4-10-16/h2-6,8-11H,7,12-14H2,1H3,(H2,20,24,25). The fourth-order valence-electron chi connectivity index (χ4n) is 2.61. The molecule has 0 radical (unpaired) electrons. The van der Waals surface area contributed by atoms with Crippen LogP contribution in [0.2, 0.25) is 0 Å². The van der Waals surface area contributed by atoms with Crippen LogP contribution in [0, 0.1) is 6.92 Å². The Hall–Kier alpha value is -2.36. The molecule has 2 N–H and O–H groups in total. The number of thioether (sulfide) groups is 1. The summed E-state index contributed by atoms with van der Waals surface area (Å²) >= 11 is 1.44. The summed E-state index contributed by atoms with van der Waals surface area (Å²) in [6.07, 6.45) is 0.445. The Labute approximate surface area is 169 Å². The van der Waals surface area contributed by atoms with E-state index in [0.717, 1.165) is 17.0 Å². The maximum atomic E-state index is 11.1. The monoisotopic (exact) mass is 418 g/mol. The summed E-state index contributed by atoms with van der Waals surface area (Å²) < 4.78 is 30.1. The van der Waals surface area contributed by atoms with Crippen LogP contribution in [0.25, 0.3) is 5.69 Å². The lowest BCUT2D eigenvalue weighted by Crippen LogP contribution is -2.16. The van der Waals surface area contributed by atoms with E-state index in [1.807, 2.05) is 66.1 Å². The lowest BCUT2D eigenvalue weighted by molar-refractivity contribution is 0.291. The Bertz CT molecular complexity index is 1020. The van der Waals surface area contributed by atoms with E-state index < -0.39 is 10.0 Å². The van der Waals surface area contributed by atoms with Gasteiger partial charge in [0, 0.05) is 11.4 Å². The number of aryl methyl sites for hydroxylation is 1. The van der Waals surface area contributed by atoms with Gasteiger partial charge in [-0.1, -0.05) is 48.2 Å². The van der Waals surface area contributed by atoms with Crippen molar-refractivity contribution >= 4 is 21.8 Å². The molecule has 7 nitrogen and oxygen atoms in total. The van der Waals surface area contributed by atoms with Crippen molar-refractivity contribution in [1.82, 2.24) is 14.8 Å². The van der Waals surface area contributed by atoms with Crippen LogP contribution in [-0.4, -0.2) is 34.7 Å². The zero-order valence-electron chi connectivity index (χ0n) is 15.5. The first-order valence-corrected chi connectivity index (χ1v) is 11.5. The van der Waals surface area contributed by atoms with E-state index in [1.54, 1.807) is 0 Å². The van der Waals surface area contributed by atoms with Crippen LogP contribution < -0.4 is 9.88 Å². The molecule has 0 saturated heterocycles. The zero-order valence-corrected chi connectivity index (χ0v) is 17.1. The molecule has 0 unspecified atom stereocenters. The minimum atomic E-state index is -3.46. The summed E-state index contributed by atoms with van der Waals surface area (Å²) in [5.74, 6) is 1.99. The maximum Gasteiger partial charge on any atom is 0.209 e. The third-order valence-corrected chi connectivity index (χ3v) is 5.84. The maximum absolute atomic E-state index is 11.1. The second-order valence-electron chi connectivity index (χ2n) is 6.19. The molecule has 0 amide bonds. The molecule has 0 bridgehead atoms. The molecule has 0 aliphatic carbocycles.